The third-order valence-electron chi connectivity index (χ3n) is 1.42. The van der Waals surface area contributed by atoms with Crippen LogP contribution in [0, 0.1) is 0 Å². The van der Waals surface area contributed by atoms with Crippen molar-refractivity contribution >= 4 is 29.2 Å². The minimum absolute atomic E-state index is 0.245. The summed E-state index contributed by atoms with van der Waals surface area (Å²) in [7, 11) is 0. The number of carbonyl (C=O) groups excluding carboxylic acids is 2. The van der Waals surface area contributed by atoms with Gasteiger partial charge in [0.25, 0.3) is 5.91 Å². The van der Waals surface area contributed by atoms with E-state index in [4.69, 9.17) is 0 Å². The summed E-state index contributed by atoms with van der Waals surface area (Å²) in [5.41, 5.74) is 0. The molecule has 1 aliphatic rings. The van der Waals surface area contributed by atoms with Crippen molar-refractivity contribution in [2.45, 2.75) is 18.9 Å². The third kappa shape index (κ3) is 1.93. The molecule has 0 radical (unpaired) electrons. The molecule has 1 aliphatic heterocycles. The minimum atomic E-state index is -0.509. The van der Waals surface area contributed by atoms with Gasteiger partial charge in [0.15, 0.2) is 0 Å². The van der Waals surface area contributed by atoms with Gasteiger partial charge in [0.1, 0.15) is 6.04 Å². The maximum Gasteiger partial charge on any atom is 0.252 e. The van der Waals surface area contributed by atoms with Crippen molar-refractivity contribution in [1.29, 1.82) is 0 Å². The van der Waals surface area contributed by atoms with Crippen LogP contribution in [0.1, 0.15) is 12.8 Å². The van der Waals surface area contributed by atoms with Crippen LogP contribution in [0.2, 0.25) is 0 Å². The molecule has 0 aromatic rings. The second-order valence-corrected chi connectivity index (χ2v) is 2.37. The summed E-state index contributed by atoms with van der Waals surface area (Å²) in [4.78, 5) is 25.1. The number of amides is 2. The lowest BCUT2D eigenvalue weighted by Crippen LogP contribution is -2.42. The van der Waals surface area contributed by atoms with Gasteiger partial charge in [-0.25, -0.2) is 4.99 Å². The fraction of sp³-hybridized carbons (Fsp3) is 0.500. The first kappa shape index (κ1) is 8.04. The van der Waals surface area contributed by atoms with E-state index >= 15 is 0 Å². The van der Waals surface area contributed by atoms with E-state index < -0.39 is 6.04 Å². The number of thiocarbonyl (C=S) groups is 1. The summed E-state index contributed by atoms with van der Waals surface area (Å²) < 4.78 is 0. The van der Waals surface area contributed by atoms with E-state index in [2.05, 4.69) is 27.7 Å². The Morgan fingerprint density at radius 1 is 1.64 bits per heavy atom. The SMILES string of the molecule is O=C1CCC(N=C=S)C(=O)N1. The normalized spacial score (nSPS) is 23.8. The Labute approximate surface area is 68.7 Å². The number of isothiocyanates is 1. The fourth-order valence-corrected chi connectivity index (χ4v) is 0.996. The maximum atomic E-state index is 10.9. The molecule has 1 atom stereocenters. The Kier molecular flexibility index (Phi) is 2.46. The lowest BCUT2D eigenvalue weighted by Gasteiger charge is -2.15. The number of nitrogens with zero attached hydrogens (tertiary/aromatic N) is 1. The molecule has 0 spiro atoms. The Morgan fingerprint density at radius 2 is 2.36 bits per heavy atom. The lowest BCUT2D eigenvalue weighted by atomic mass is 10.1. The van der Waals surface area contributed by atoms with Crippen molar-refractivity contribution in [2.24, 2.45) is 4.99 Å². The average Bonchev–Trinajstić information content (AvgIpc) is 1.95. The van der Waals surface area contributed by atoms with Crippen molar-refractivity contribution in [1.82, 2.24) is 5.32 Å². The summed E-state index contributed by atoms with van der Waals surface area (Å²) in [5.74, 6) is -0.621. The number of hydrogen-bond donors (Lipinski definition) is 1. The molecule has 2 amide bonds. The molecule has 1 unspecified atom stereocenters. The highest BCUT2D eigenvalue weighted by molar-refractivity contribution is 7.78. The van der Waals surface area contributed by atoms with E-state index in [1.54, 1.807) is 0 Å². The van der Waals surface area contributed by atoms with Crippen molar-refractivity contribution in [3.63, 3.8) is 0 Å². The smallest absolute Gasteiger partial charge is 0.252 e. The molecule has 58 valence electrons. The molecule has 1 saturated heterocycles. The van der Waals surface area contributed by atoms with Gasteiger partial charge in [0, 0.05) is 6.42 Å². The Morgan fingerprint density at radius 3 is 2.91 bits per heavy atom. The van der Waals surface area contributed by atoms with Crippen LogP contribution in [0.15, 0.2) is 4.99 Å². The molecule has 0 saturated carbocycles. The zero-order chi connectivity index (χ0) is 8.27. The van der Waals surface area contributed by atoms with Gasteiger partial charge in [0.05, 0.1) is 5.16 Å². The molecule has 0 aromatic carbocycles. The van der Waals surface area contributed by atoms with Crippen LogP contribution in [0.5, 0.6) is 0 Å². The Balaban J connectivity index is 2.64. The predicted octanol–water partition coefficient (Wildman–Crippen LogP) is -0.106. The monoisotopic (exact) mass is 170 g/mol. The van der Waals surface area contributed by atoms with E-state index in [1.165, 1.54) is 0 Å². The number of nitrogens with one attached hydrogen (secondary N) is 1. The van der Waals surface area contributed by atoms with Crippen LogP contribution in [0.3, 0.4) is 0 Å². The molecule has 1 rings (SSSR count). The highest BCUT2D eigenvalue weighted by Gasteiger charge is 2.25. The maximum absolute atomic E-state index is 10.9. The van der Waals surface area contributed by atoms with Gasteiger partial charge in [-0.05, 0) is 18.6 Å². The number of carbonyl (C=O) groups is 2. The summed E-state index contributed by atoms with van der Waals surface area (Å²) >= 11 is 4.33. The number of rotatable bonds is 1. The van der Waals surface area contributed by atoms with Crippen molar-refractivity contribution in [3.05, 3.63) is 0 Å². The van der Waals surface area contributed by atoms with Crippen LogP contribution < -0.4 is 5.32 Å². The van der Waals surface area contributed by atoms with Gasteiger partial charge in [0.2, 0.25) is 5.91 Å². The standard InChI is InChI=1S/C6H6N2O2S/c9-5-2-1-4(7-3-11)6(10)8-5/h4H,1-2H2,(H,8,9,10). The largest absolute Gasteiger partial charge is 0.295 e. The van der Waals surface area contributed by atoms with Crippen LogP contribution in [-0.4, -0.2) is 23.0 Å². The van der Waals surface area contributed by atoms with E-state index in [1.807, 2.05) is 0 Å². The summed E-state index contributed by atoms with van der Waals surface area (Å²) in [6.07, 6.45) is 0.769. The van der Waals surface area contributed by atoms with Crippen LogP contribution in [-0.2, 0) is 9.59 Å². The van der Waals surface area contributed by atoms with Gasteiger partial charge in [-0.2, -0.15) is 0 Å². The van der Waals surface area contributed by atoms with Crippen molar-refractivity contribution in [2.75, 3.05) is 0 Å². The third-order valence-corrected chi connectivity index (χ3v) is 1.52. The van der Waals surface area contributed by atoms with Gasteiger partial charge in [-0.1, -0.05) is 0 Å². The van der Waals surface area contributed by atoms with Crippen molar-refractivity contribution < 1.29 is 9.59 Å². The first-order valence-corrected chi connectivity index (χ1v) is 3.55. The molecule has 5 heteroatoms. The minimum Gasteiger partial charge on any atom is -0.295 e. The molecule has 1 fully saturated rings. The van der Waals surface area contributed by atoms with Crippen LogP contribution >= 0.6 is 12.2 Å². The number of piperidine rings is 1. The highest BCUT2D eigenvalue weighted by atomic mass is 32.1. The van der Waals surface area contributed by atoms with Crippen LogP contribution in [0.25, 0.3) is 0 Å². The predicted molar refractivity (Wildman–Crippen MR) is 41.2 cm³/mol. The molecule has 1 N–H and O–H groups in total. The van der Waals surface area contributed by atoms with Gasteiger partial charge >= 0.3 is 0 Å². The fourth-order valence-electron chi connectivity index (χ4n) is 0.869. The zero-order valence-corrected chi connectivity index (χ0v) is 6.48. The molecule has 0 bridgehead atoms. The number of aliphatic imine (C=N–C) groups is 1. The van der Waals surface area contributed by atoms with Crippen molar-refractivity contribution in [3.8, 4) is 0 Å². The number of imide groups is 1. The quantitative estimate of drug-likeness (QED) is 0.339. The second kappa shape index (κ2) is 3.37. The summed E-state index contributed by atoms with van der Waals surface area (Å²) in [6.45, 7) is 0. The molecule has 0 aromatic heterocycles. The van der Waals surface area contributed by atoms with Gasteiger partial charge in [-0.15, -0.1) is 0 Å². The van der Waals surface area contributed by atoms with E-state index in [0.717, 1.165) is 0 Å². The molecule has 1 heterocycles. The summed E-state index contributed by atoms with van der Waals surface area (Å²) in [6, 6.07) is -0.509. The van der Waals surface area contributed by atoms with Crippen LogP contribution in [0.4, 0.5) is 0 Å². The highest BCUT2D eigenvalue weighted by Crippen LogP contribution is 2.06. The first-order valence-electron chi connectivity index (χ1n) is 3.14. The Bertz CT molecular complexity index is 245. The topological polar surface area (TPSA) is 58.5 Å². The van der Waals surface area contributed by atoms with Gasteiger partial charge < -0.3 is 0 Å². The molecule has 4 nitrogen and oxygen atoms in total. The zero-order valence-electron chi connectivity index (χ0n) is 5.66. The first-order chi connectivity index (χ1) is 5.24. The molecule has 0 aliphatic carbocycles. The molecule has 11 heavy (non-hydrogen) atoms. The average molecular weight is 170 g/mol. The number of hydrogen-bond acceptors (Lipinski definition) is 4. The summed E-state index contributed by atoms with van der Waals surface area (Å²) in [5, 5.41) is 4.28. The Hall–Kier alpha value is -1.06. The van der Waals surface area contributed by atoms with Gasteiger partial charge in [-0.3, -0.25) is 14.9 Å². The second-order valence-electron chi connectivity index (χ2n) is 2.19. The van der Waals surface area contributed by atoms with E-state index in [-0.39, 0.29) is 11.8 Å². The lowest BCUT2D eigenvalue weighted by molar-refractivity contribution is -0.133. The van der Waals surface area contributed by atoms with E-state index in [9.17, 15) is 9.59 Å². The molecular weight excluding hydrogens is 164 g/mol. The molecular formula is C6H6N2O2S. The van der Waals surface area contributed by atoms with E-state index in [0.29, 0.717) is 12.8 Å².